The predicted molar refractivity (Wildman–Crippen MR) is 92.5 cm³/mol. The number of nitrogens with zero attached hydrogens (tertiary/aromatic N) is 1. The standard InChI is InChI=1S/C18H24FN3O3/c1-4-7-20-17(24)12(3)21-18(25)13-9-16(23)22(10-13)15-6-5-11(2)8-14(15)19/h5-6,8,12-13H,4,7,9-10H2,1-3H3,(H,20,24)(H,21,25). The molecule has 7 heteroatoms. The van der Waals surface area contributed by atoms with E-state index >= 15 is 0 Å². The first-order valence-electron chi connectivity index (χ1n) is 8.48. The Kier molecular flexibility index (Phi) is 6.12. The fourth-order valence-corrected chi connectivity index (χ4v) is 2.74. The van der Waals surface area contributed by atoms with Crippen LogP contribution in [-0.2, 0) is 14.4 Å². The van der Waals surface area contributed by atoms with Crippen molar-refractivity contribution in [2.45, 2.75) is 39.7 Å². The van der Waals surface area contributed by atoms with Gasteiger partial charge < -0.3 is 15.5 Å². The highest BCUT2D eigenvalue weighted by Crippen LogP contribution is 2.28. The van der Waals surface area contributed by atoms with E-state index < -0.39 is 17.8 Å². The van der Waals surface area contributed by atoms with E-state index in [0.717, 1.165) is 12.0 Å². The second kappa shape index (κ2) is 8.09. The first-order valence-corrected chi connectivity index (χ1v) is 8.48. The largest absolute Gasteiger partial charge is 0.354 e. The lowest BCUT2D eigenvalue weighted by molar-refractivity contribution is -0.130. The van der Waals surface area contributed by atoms with Crippen LogP contribution in [0.2, 0.25) is 0 Å². The van der Waals surface area contributed by atoms with Crippen molar-refractivity contribution in [3.63, 3.8) is 0 Å². The molecule has 0 spiro atoms. The summed E-state index contributed by atoms with van der Waals surface area (Å²) >= 11 is 0. The lowest BCUT2D eigenvalue weighted by Crippen LogP contribution is -2.47. The van der Waals surface area contributed by atoms with E-state index in [9.17, 15) is 18.8 Å². The number of amides is 3. The number of benzene rings is 1. The molecule has 1 aliphatic rings. The van der Waals surface area contributed by atoms with Crippen LogP contribution in [0.1, 0.15) is 32.3 Å². The maximum Gasteiger partial charge on any atom is 0.242 e. The maximum absolute atomic E-state index is 14.1. The molecule has 6 nitrogen and oxygen atoms in total. The van der Waals surface area contributed by atoms with E-state index in [1.807, 2.05) is 6.92 Å². The molecule has 1 aromatic carbocycles. The van der Waals surface area contributed by atoms with Gasteiger partial charge in [0.15, 0.2) is 0 Å². The Morgan fingerprint density at radius 1 is 1.40 bits per heavy atom. The van der Waals surface area contributed by atoms with Crippen LogP contribution in [0.4, 0.5) is 10.1 Å². The van der Waals surface area contributed by atoms with Crippen molar-refractivity contribution in [3.8, 4) is 0 Å². The van der Waals surface area contributed by atoms with Crippen LogP contribution in [0.25, 0.3) is 0 Å². The Morgan fingerprint density at radius 3 is 2.76 bits per heavy atom. The third-order valence-corrected chi connectivity index (χ3v) is 4.19. The first kappa shape index (κ1) is 18.9. The molecule has 2 N–H and O–H groups in total. The molecule has 1 saturated heterocycles. The van der Waals surface area contributed by atoms with Gasteiger partial charge in [-0.2, -0.15) is 0 Å². The van der Waals surface area contributed by atoms with Gasteiger partial charge in [0.1, 0.15) is 11.9 Å². The maximum atomic E-state index is 14.1. The molecule has 1 fully saturated rings. The predicted octanol–water partition coefficient (Wildman–Crippen LogP) is 1.52. The summed E-state index contributed by atoms with van der Waals surface area (Å²) < 4.78 is 14.1. The van der Waals surface area contributed by atoms with E-state index in [1.165, 1.54) is 11.0 Å². The number of hydrogen-bond donors (Lipinski definition) is 2. The molecule has 136 valence electrons. The summed E-state index contributed by atoms with van der Waals surface area (Å²) in [7, 11) is 0. The Morgan fingerprint density at radius 2 is 2.12 bits per heavy atom. The topological polar surface area (TPSA) is 78.5 Å². The summed E-state index contributed by atoms with van der Waals surface area (Å²) in [5.41, 5.74) is 0.939. The second-order valence-corrected chi connectivity index (χ2v) is 6.38. The summed E-state index contributed by atoms with van der Waals surface area (Å²) in [5.74, 6) is -2.02. The van der Waals surface area contributed by atoms with Gasteiger partial charge in [-0.25, -0.2) is 4.39 Å². The number of halogens is 1. The third kappa shape index (κ3) is 4.55. The summed E-state index contributed by atoms with van der Waals surface area (Å²) in [5, 5.41) is 5.33. The average Bonchev–Trinajstić information content (AvgIpc) is 2.94. The van der Waals surface area contributed by atoms with E-state index in [1.54, 1.807) is 26.0 Å². The second-order valence-electron chi connectivity index (χ2n) is 6.38. The van der Waals surface area contributed by atoms with Crippen LogP contribution in [0.5, 0.6) is 0 Å². The van der Waals surface area contributed by atoms with Crippen LogP contribution in [0.15, 0.2) is 18.2 Å². The molecule has 1 aliphatic heterocycles. The lowest BCUT2D eigenvalue weighted by Gasteiger charge is -2.19. The summed E-state index contributed by atoms with van der Waals surface area (Å²) in [6.45, 7) is 5.94. The molecule has 0 aromatic heterocycles. The lowest BCUT2D eigenvalue weighted by atomic mass is 10.1. The summed E-state index contributed by atoms with van der Waals surface area (Å²) in [6, 6.07) is 3.94. The van der Waals surface area contributed by atoms with E-state index in [4.69, 9.17) is 0 Å². The van der Waals surface area contributed by atoms with Gasteiger partial charge in [0.2, 0.25) is 17.7 Å². The monoisotopic (exact) mass is 349 g/mol. The molecular weight excluding hydrogens is 325 g/mol. The first-order chi connectivity index (χ1) is 11.8. The molecule has 2 atom stereocenters. The third-order valence-electron chi connectivity index (χ3n) is 4.19. The zero-order valence-electron chi connectivity index (χ0n) is 14.8. The molecule has 0 saturated carbocycles. The van der Waals surface area contributed by atoms with Gasteiger partial charge in [-0.1, -0.05) is 13.0 Å². The minimum absolute atomic E-state index is 0.00243. The minimum atomic E-state index is -0.681. The van der Waals surface area contributed by atoms with E-state index in [-0.39, 0.29) is 36.4 Å². The SMILES string of the molecule is CCCNC(=O)C(C)NC(=O)C1CC(=O)N(c2ccc(C)cc2F)C1. The van der Waals surface area contributed by atoms with Crippen molar-refractivity contribution in [1.29, 1.82) is 0 Å². The highest BCUT2D eigenvalue weighted by molar-refractivity contribution is 6.01. The molecule has 0 aliphatic carbocycles. The van der Waals surface area contributed by atoms with Crippen molar-refractivity contribution in [2.24, 2.45) is 5.92 Å². The number of carbonyl (C=O) groups is 3. The molecule has 1 aromatic rings. The van der Waals surface area contributed by atoms with Crippen molar-refractivity contribution in [3.05, 3.63) is 29.6 Å². The Balaban J connectivity index is 1.99. The number of nitrogens with one attached hydrogen (secondary N) is 2. The molecule has 0 radical (unpaired) electrons. The Hall–Kier alpha value is -2.44. The number of rotatable bonds is 6. The van der Waals surface area contributed by atoms with Crippen LogP contribution >= 0.6 is 0 Å². The average molecular weight is 349 g/mol. The van der Waals surface area contributed by atoms with Crippen LogP contribution in [0.3, 0.4) is 0 Å². The highest BCUT2D eigenvalue weighted by Gasteiger charge is 2.36. The van der Waals surface area contributed by atoms with Gasteiger partial charge in [-0.15, -0.1) is 0 Å². The molecule has 25 heavy (non-hydrogen) atoms. The van der Waals surface area contributed by atoms with Crippen LogP contribution in [-0.4, -0.2) is 36.9 Å². The van der Waals surface area contributed by atoms with Gasteiger partial charge in [-0.05, 0) is 38.0 Å². The fourth-order valence-electron chi connectivity index (χ4n) is 2.74. The fraction of sp³-hybridized carbons (Fsp3) is 0.500. The molecule has 3 amide bonds. The highest BCUT2D eigenvalue weighted by atomic mass is 19.1. The molecule has 0 bridgehead atoms. The Bertz CT molecular complexity index is 678. The van der Waals surface area contributed by atoms with Crippen LogP contribution < -0.4 is 15.5 Å². The molecule has 2 rings (SSSR count). The van der Waals surface area contributed by atoms with Crippen molar-refractivity contribution in [1.82, 2.24) is 10.6 Å². The number of anilines is 1. The molecule has 2 unspecified atom stereocenters. The van der Waals surface area contributed by atoms with Gasteiger partial charge in [0.05, 0.1) is 11.6 Å². The molecular formula is C18H24FN3O3. The summed E-state index contributed by atoms with van der Waals surface area (Å²) in [6.07, 6.45) is 0.809. The van der Waals surface area contributed by atoms with Gasteiger partial charge in [0, 0.05) is 19.5 Å². The van der Waals surface area contributed by atoms with Crippen molar-refractivity contribution in [2.75, 3.05) is 18.0 Å². The van der Waals surface area contributed by atoms with Gasteiger partial charge in [0.25, 0.3) is 0 Å². The zero-order chi connectivity index (χ0) is 18.6. The number of aryl methyl sites for hydroxylation is 1. The smallest absolute Gasteiger partial charge is 0.242 e. The summed E-state index contributed by atoms with van der Waals surface area (Å²) in [4.78, 5) is 37.6. The quantitative estimate of drug-likeness (QED) is 0.817. The van der Waals surface area contributed by atoms with Crippen LogP contribution in [0, 0.1) is 18.7 Å². The zero-order valence-corrected chi connectivity index (χ0v) is 14.8. The minimum Gasteiger partial charge on any atom is -0.354 e. The molecule has 1 heterocycles. The number of hydrogen-bond acceptors (Lipinski definition) is 3. The van der Waals surface area contributed by atoms with Gasteiger partial charge >= 0.3 is 0 Å². The number of carbonyl (C=O) groups excluding carboxylic acids is 3. The Labute approximate surface area is 146 Å². The van der Waals surface area contributed by atoms with Crippen molar-refractivity contribution < 1.29 is 18.8 Å². The van der Waals surface area contributed by atoms with Crippen molar-refractivity contribution >= 4 is 23.4 Å². The normalized spacial score (nSPS) is 18.2. The van der Waals surface area contributed by atoms with E-state index in [0.29, 0.717) is 6.54 Å². The van der Waals surface area contributed by atoms with E-state index in [2.05, 4.69) is 10.6 Å². The van der Waals surface area contributed by atoms with Gasteiger partial charge in [-0.3, -0.25) is 14.4 Å².